The third kappa shape index (κ3) is 3.56. The molecule has 5 nitrogen and oxygen atoms in total. The Kier molecular flexibility index (Phi) is 5.56. The number of para-hydroxylation sites is 3. The van der Waals surface area contributed by atoms with Gasteiger partial charge in [0.25, 0.3) is 0 Å². The lowest BCUT2D eigenvalue weighted by Gasteiger charge is -2.48. The van der Waals surface area contributed by atoms with E-state index in [1.54, 1.807) is 0 Å². The number of ether oxygens (including phenoxy) is 1. The number of benzene rings is 5. The van der Waals surface area contributed by atoms with Gasteiger partial charge < -0.3 is 9.30 Å². The number of hydrogen-bond donors (Lipinski definition) is 0. The quantitative estimate of drug-likeness (QED) is 0.193. The van der Waals surface area contributed by atoms with Gasteiger partial charge in [-0.25, -0.2) is 4.98 Å². The average Bonchev–Trinajstić information content (AvgIpc) is 3.46. The molecule has 0 radical (unpaired) electrons. The smallest absolute Gasteiger partial charge is 0.137 e. The molecule has 0 saturated carbocycles. The number of pyridine rings is 2. The topological polar surface area (TPSA) is 43.2 Å². The highest BCUT2D eigenvalue weighted by atomic mass is 16.5. The van der Waals surface area contributed by atoms with Gasteiger partial charge in [-0.05, 0) is 79.6 Å². The van der Waals surface area contributed by atoms with Crippen LogP contribution in [0, 0.1) is 13.8 Å². The zero-order valence-electron chi connectivity index (χ0n) is 26.6. The van der Waals surface area contributed by atoms with Crippen molar-refractivity contribution in [1.82, 2.24) is 14.5 Å². The predicted octanol–water partition coefficient (Wildman–Crippen LogP) is 10.5. The molecule has 0 atom stereocenters. The summed E-state index contributed by atoms with van der Waals surface area (Å²) in [6.45, 7) is 4.35. The number of fused-ring (bicyclic) bond motifs is 11. The van der Waals surface area contributed by atoms with Crippen LogP contribution in [0.15, 0.2) is 146 Å². The van der Waals surface area contributed by atoms with E-state index in [0.717, 1.165) is 67.4 Å². The summed E-state index contributed by atoms with van der Waals surface area (Å²) in [6, 6.07) is 47.5. The maximum absolute atomic E-state index is 6.58. The van der Waals surface area contributed by atoms with E-state index >= 15 is 0 Å². The van der Waals surface area contributed by atoms with Crippen LogP contribution in [0.25, 0.3) is 27.6 Å². The molecule has 228 valence electrons. The monoisotopic (exact) mass is 618 g/mol. The van der Waals surface area contributed by atoms with Crippen LogP contribution in [0.5, 0.6) is 11.5 Å². The van der Waals surface area contributed by atoms with E-state index in [2.05, 4.69) is 151 Å². The molecule has 10 rings (SSSR count). The number of nitrogens with zero attached hydrogens (tertiary/aromatic N) is 4. The molecule has 0 N–H and O–H groups in total. The highest BCUT2D eigenvalue weighted by Crippen LogP contribution is 2.62. The Morgan fingerprint density at radius 1 is 0.562 bits per heavy atom. The number of aryl methyl sites for hydroxylation is 2. The fourth-order valence-electron chi connectivity index (χ4n) is 8.09. The van der Waals surface area contributed by atoms with Crippen molar-refractivity contribution >= 4 is 39.1 Å². The van der Waals surface area contributed by atoms with Gasteiger partial charge in [-0.15, -0.1) is 0 Å². The molecular weight excluding hydrogens is 589 g/mol. The Balaban J connectivity index is 1.23. The van der Waals surface area contributed by atoms with Crippen molar-refractivity contribution in [3.05, 3.63) is 179 Å². The van der Waals surface area contributed by atoms with Crippen molar-refractivity contribution in [3.8, 4) is 17.2 Å². The van der Waals surface area contributed by atoms with Gasteiger partial charge in [0.1, 0.15) is 17.3 Å². The van der Waals surface area contributed by atoms with Crippen LogP contribution in [-0.2, 0) is 5.41 Å². The summed E-state index contributed by atoms with van der Waals surface area (Å²) in [5, 5.41) is 1.13. The van der Waals surface area contributed by atoms with Gasteiger partial charge in [0.15, 0.2) is 0 Å². The fraction of sp³-hybridized carbons (Fsp3) is 0.0698. The minimum absolute atomic E-state index is 0.583. The van der Waals surface area contributed by atoms with Crippen LogP contribution in [0.4, 0.5) is 17.2 Å². The second-order valence-corrected chi connectivity index (χ2v) is 12.8. The van der Waals surface area contributed by atoms with Crippen molar-refractivity contribution in [1.29, 1.82) is 0 Å². The molecule has 2 aliphatic rings. The van der Waals surface area contributed by atoms with Crippen molar-refractivity contribution in [2.24, 2.45) is 0 Å². The zero-order valence-corrected chi connectivity index (χ0v) is 26.6. The van der Waals surface area contributed by atoms with E-state index in [-0.39, 0.29) is 0 Å². The van der Waals surface area contributed by atoms with E-state index in [0.29, 0.717) is 0 Å². The molecule has 0 unspecified atom stereocenters. The lowest BCUT2D eigenvalue weighted by atomic mass is 9.61. The average molecular weight is 619 g/mol. The molecule has 5 aromatic carbocycles. The van der Waals surface area contributed by atoms with Gasteiger partial charge in [0, 0.05) is 22.7 Å². The highest BCUT2D eigenvalue weighted by Gasteiger charge is 2.51. The first-order valence-electron chi connectivity index (χ1n) is 16.3. The molecule has 0 bridgehead atoms. The summed E-state index contributed by atoms with van der Waals surface area (Å²) < 4.78 is 8.84. The predicted molar refractivity (Wildman–Crippen MR) is 192 cm³/mol. The minimum Gasteiger partial charge on any atom is -0.457 e. The van der Waals surface area contributed by atoms with Gasteiger partial charge in [0.05, 0.1) is 45.2 Å². The molecule has 3 aromatic heterocycles. The Bertz CT molecular complexity index is 2430. The second kappa shape index (κ2) is 9.90. The standard InChI is InChI=1S/C43H30N4O/c1-27-17-20-36-33(24-27)43(31-11-4-7-15-39(31)48-40-16-8-5-12-32(40)43)34-25-28(2)18-21-37(34)47(36)41-22-19-29(26-45-41)46-35-13-6-3-10-30(35)42-38(46)14-9-23-44-42/h3-26H,1-2H3. The van der Waals surface area contributed by atoms with Crippen LogP contribution < -0.4 is 9.64 Å². The van der Waals surface area contributed by atoms with E-state index in [1.165, 1.54) is 22.3 Å². The Morgan fingerprint density at radius 2 is 1.19 bits per heavy atom. The number of aromatic nitrogens is 3. The first kappa shape index (κ1) is 27.0. The normalized spacial score (nSPS) is 13.9. The molecule has 48 heavy (non-hydrogen) atoms. The maximum atomic E-state index is 6.58. The van der Waals surface area contributed by atoms with Gasteiger partial charge in [-0.3, -0.25) is 9.88 Å². The first-order valence-corrected chi connectivity index (χ1v) is 16.3. The lowest BCUT2D eigenvalue weighted by molar-refractivity contribution is 0.434. The van der Waals surface area contributed by atoms with Gasteiger partial charge >= 0.3 is 0 Å². The summed E-state index contributed by atoms with van der Waals surface area (Å²) in [5.74, 6) is 2.62. The molecule has 2 aliphatic heterocycles. The molecule has 0 aliphatic carbocycles. The van der Waals surface area contributed by atoms with Crippen LogP contribution in [0.3, 0.4) is 0 Å². The first-order chi connectivity index (χ1) is 23.6. The van der Waals surface area contributed by atoms with Crippen LogP contribution >= 0.6 is 0 Å². The third-order valence-electron chi connectivity index (χ3n) is 10.0. The van der Waals surface area contributed by atoms with Crippen molar-refractivity contribution in [2.75, 3.05) is 4.90 Å². The largest absolute Gasteiger partial charge is 0.457 e. The van der Waals surface area contributed by atoms with Crippen molar-refractivity contribution in [2.45, 2.75) is 19.3 Å². The van der Waals surface area contributed by atoms with Gasteiger partial charge in [0.2, 0.25) is 0 Å². The molecule has 1 spiro atoms. The van der Waals surface area contributed by atoms with E-state index < -0.39 is 5.41 Å². The summed E-state index contributed by atoms with van der Waals surface area (Å²) in [4.78, 5) is 12.2. The summed E-state index contributed by atoms with van der Waals surface area (Å²) in [5.41, 5.74) is 12.9. The summed E-state index contributed by atoms with van der Waals surface area (Å²) >= 11 is 0. The molecule has 0 saturated heterocycles. The molecule has 0 fully saturated rings. The van der Waals surface area contributed by atoms with Crippen LogP contribution in [0.1, 0.15) is 33.4 Å². The van der Waals surface area contributed by atoms with E-state index in [9.17, 15) is 0 Å². The molecule has 5 heteroatoms. The van der Waals surface area contributed by atoms with Crippen LogP contribution in [-0.4, -0.2) is 14.5 Å². The summed E-state index contributed by atoms with van der Waals surface area (Å²) in [6.07, 6.45) is 3.84. The fourth-order valence-corrected chi connectivity index (χ4v) is 8.09. The zero-order chi connectivity index (χ0) is 32.0. The minimum atomic E-state index is -0.583. The van der Waals surface area contributed by atoms with E-state index in [1.807, 2.05) is 18.5 Å². The summed E-state index contributed by atoms with van der Waals surface area (Å²) in [7, 11) is 0. The lowest BCUT2D eigenvalue weighted by Crippen LogP contribution is -2.40. The van der Waals surface area contributed by atoms with Crippen LogP contribution in [0.2, 0.25) is 0 Å². The Hall–Kier alpha value is -6.20. The number of anilines is 3. The van der Waals surface area contributed by atoms with Crippen molar-refractivity contribution < 1.29 is 4.74 Å². The molecule has 5 heterocycles. The Labute approximate surface area is 278 Å². The number of rotatable bonds is 2. The van der Waals surface area contributed by atoms with Crippen molar-refractivity contribution in [3.63, 3.8) is 0 Å². The number of hydrogen-bond acceptors (Lipinski definition) is 4. The maximum Gasteiger partial charge on any atom is 0.137 e. The second-order valence-electron chi connectivity index (χ2n) is 12.8. The van der Waals surface area contributed by atoms with Gasteiger partial charge in [-0.2, -0.15) is 0 Å². The Morgan fingerprint density at radius 3 is 1.85 bits per heavy atom. The van der Waals surface area contributed by atoms with Gasteiger partial charge in [-0.1, -0.05) is 90.0 Å². The SMILES string of the molecule is Cc1ccc2c(c1)C1(c3ccccc3Oc3ccccc31)c1cc(C)ccc1N2c1ccc(-n2c3ccccc3c3ncccc32)cn1. The molecule has 8 aromatic rings. The molecular formula is C43H30N4O. The highest BCUT2D eigenvalue weighted by molar-refractivity contribution is 6.07. The third-order valence-corrected chi connectivity index (χ3v) is 10.0. The van der Waals surface area contributed by atoms with E-state index in [4.69, 9.17) is 14.7 Å². The molecule has 0 amide bonds.